The van der Waals surface area contributed by atoms with Gasteiger partial charge in [-0.15, -0.1) is 0 Å². The Balaban J connectivity index is 1.85. The zero-order valence-electron chi connectivity index (χ0n) is 14.4. The van der Waals surface area contributed by atoms with Crippen molar-refractivity contribution in [3.05, 3.63) is 81.0 Å². The number of aliphatic imine (C=N–C) groups is 1. The van der Waals surface area contributed by atoms with Crippen molar-refractivity contribution in [2.75, 3.05) is 20.1 Å². The van der Waals surface area contributed by atoms with Gasteiger partial charge >= 0.3 is 0 Å². The van der Waals surface area contributed by atoms with E-state index in [1.807, 2.05) is 30.3 Å². The van der Waals surface area contributed by atoms with Gasteiger partial charge in [-0.1, -0.05) is 59.6 Å². The average molecular weight is 388 g/mol. The third kappa shape index (κ3) is 3.62. The standard InChI is InChI=1S/C20H19Cl2N3O/c1-24-19(13-6-3-2-4-7-13)14-10-11-25(12-17(14)23)20(26)15-8-5-9-16(21)18(15)22/h2-9H,10-12,23H2,1H3. The number of carbonyl (C=O) groups excluding carboxylic acids is 1. The Morgan fingerprint density at radius 2 is 1.85 bits per heavy atom. The fourth-order valence-electron chi connectivity index (χ4n) is 3.10. The van der Waals surface area contributed by atoms with Crippen molar-refractivity contribution in [3.8, 4) is 0 Å². The first kappa shape index (κ1) is 18.5. The second-order valence-corrected chi connectivity index (χ2v) is 6.81. The van der Waals surface area contributed by atoms with Crippen LogP contribution in [-0.2, 0) is 0 Å². The zero-order chi connectivity index (χ0) is 18.7. The molecule has 26 heavy (non-hydrogen) atoms. The van der Waals surface area contributed by atoms with Crippen molar-refractivity contribution in [1.29, 1.82) is 0 Å². The molecule has 0 bridgehead atoms. The molecule has 2 aromatic rings. The third-order valence-corrected chi connectivity index (χ3v) is 5.23. The van der Waals surface area contributed by atoms with E-state index in [1.54, 1.807) is 30.1 Å². The molecule has 2 aromatic carbocycles. The van der Waals surface area contributed by atoms with E-state index in [0.717, 1.165) is 16.8 Å². The molecule has 6 heteroatoms. The second kappa shape index (κ2) is 7.94. The summed E-state index contributed by atoms with van der Waals surface area (Å²) in [4.78, 5) is 18.9. The quantitative estimate of drug-likeness (QED) is 0.803. The lowest BCUT2D eigenvalue weighted by atomic mass is 9.95. The summed E-state index contributed by atoms with van der Waals surface area (Å²) in [6.07, 6.45) is 0.636. The van der Waals surface area contributed by atoms with Gasteiger partial charge in [0.05, 0.1) is 27.9 Å². The molecule has 0 radical (unpaired) electrons. The van der Waals surface area contributed by atoms with Crippen LogP contribution in [-0.4, -0.2) is 36.7 Å². The normalized spacial score (nSPS) is 15.3. The van der Waals surface area contributed by atoms with Gasteiger partial charge in [-0.25, -0.2) is 0 Å². The molecule has 4 nitrogen and oxygen atoms in total. The van der Waals surface area contributed by atoms with E-state index >= 15 is 0 Å². The highest BCUT2D eigenvalue weighted by Gasteiger charge is 2.26. The SMILES string of the molecule is CN=C(C1=C(N)CN(C(=O)c2cccc(Cl)c2Cl)CC1)c1ccccc1. The highest BCUT2D eigenvalue weighted by Crippen LogP contribution is 2.28. The number of nitrogens with zero attached hydrogens (tertiary/aromatic N) is 2. The molecule has 0 atom stereocenters. The topological polar surface area (TPSA) is 58.7 Å². The van der Waals surface area contributed by atoms with E-state index in [0.29, 0.717) is 35.8 Å². The molecule has 134 valence electrons. The number of rotatable bonds is 3. The smallest absolute Gasteiger partial charge is 0.255 e. The summed E-state index contributed by atoms with van der Waals surface area (Å²) in [6.45, 7) is 0.881. The molecule has 0 spiro atoms. The minimum Gasteiger partial charge on any atom is -0.400 e. The predicted octanol–water partition coefficient (Wildman–Crippen LogP) is 4.17. The van der Waals surface area contributed by atoms with Crippen LogP contribution in [0.15, 0.2) is 64.8 Å². The van der Waals surface area contributed by atoms with Gasteiger partial charge in [0, 0.05) is 24.9 Å². The molecular weight excluding hydrogens is 369 g/mol. The van der Waals surface area contributed by atoms with Crippen LogP contribution in [0.5, 0.6) is 0 Å². The van der Waals surface area contributed by atoms with Gasteiger partial charge in [-0.3, -0.25) is 9.79 Å². The molecule has 0 unspecified atom stereocenters. The summed E-state index contributed by atoms with van der Waals surface area (Å²) in [6, 6.07) is 15.0. The molecule has 0 saturated heterocycles. The van der Waals surface area contributed by atoms with Crippen molar-refractivity contribution in [2.45, 2.75) is 6.42 Å². The number of carbonyl (C=O) groups is 1. The van der Waals surface area contributed by atoms with Crippen molar-refractivity contribution < 1.29 is 4.79 Å². The highest BCUT2D eigenvalue weighted by molar-refractivity contribution is 6.43. The van der Waals surface area contributed by atoms with E-state index < -0.39 is 0 Å². The number of hydrogen-bond acceptors (Lipinski definition) is 3. The van der Waals surface area contributed by atoms with Gasteiger partial charge in [0.1, 0.15) is 0 Å². The fourth-order valence-corrected chi connectivity index (χ4v) is 3.49. The second-order valence-electron chi connectivity index (χ2n) is 6.02. The molecule has 0 saturated carbocycles. The number of hydrogen-bond donors (Lipinski definition) is 1. The summed E-state index contributed by atoms with van der Waals surface area (Å²) < 4.78 is 0. The Labute approximate surface area is 162 Å². The number of nitrogens with two attached hydrogens (primary N) is 1. The maximum absolute atomic E-state index is 12.8. The fraction of sp³-hybridized carbons (Fsp3) is 0.200. The average Bonchev–Trinajstić information content (AvgIpc) is 2.66. The lowest BCUT2D eigenvalue weighted by Crippen LogP contribution is -2.40. The zero-order valence-corrected chi connectivity index (χ0v) is 15.9. The summed E-state index contributed by atoms with van der Waals surface area (Å²) in [5.41, 5.74) is 10.2. The van der Waals surface area contributed by atoms with Crippen molar-refractivity contribution >= 4 is 34.8 Å². The third-order valence-electron chi connectivity index (χ3n) is 4.41. The molecule has 2 N–H and O–H groups in total. The summed E-state index contributed by atoms with van der Waals surface area (Å²) in [7, 11) is 1.76. The van der Waals surface area contributed by atoms with Crippen molar-refractivity contribution in [2.24, 2.45) is 10.7 Å². The van der Waals surface area contributed by atoms with E-state index in [9.17, 15) is 4.79 Å². The van der Waals surface area contributed by atoms with Gasteiger partial charge in [0.25, 0.3) is 5.91 Å². The van der Waals surface area contributed by atoms with Crippen LogP contribution in [0, 0.1) is 0 Å². The largest absolute Gasteiger partial charge is 0.400 e. The minimum atomic E-state index is -0.172. The van der Waals surface area contributed by atoms with Crippen LogP contribution >= 0.6 is 23.2 Å². The Morgan fingerprint density at radius 3 is 2.50 bits per heavy atom. The van der Waals surface area contributed by atoms with Gasteiger partial charge in [-0.05, 0) is 24.1 Å². The van der Waals surface area contributed by atoms with E-state index in [4.69, 9.17) is 28.9 Å². The molecule has 3 rings (SSSR count). The van der Waals surface area contributed by atoms with Crippen molar-refractivity contribution in [3.63, 3.8) is 0 Å². The van der Waals surface area contributed by atoms with Gasteiger partial charge < -0.3 is 10.6 Å². The summed E-state index contributed by atoms with van der Waals surface area (Å²) in [5, 5.41) is 0.635. The number of halogens is 2. The Hall–Kier alpha value is -2.30. The molecule has 1 aliphatic rings. The van der Waals surface area contributed by atoms with Crippen LogP contribution in [0.3, 0.4) is 0 Å². The summed E-state index contributed by atoms with van der Waals surface area (Å²) in [5.74, 6) is -0.172. The van der Waals surface area contributed by atoms with E-state index in [-0.39, 0.29) is 10.9 Å². The number of benzene rings is 2. The van der Waals surface area contributed by atoms with E-state index in [1.165, 1.54) is 0 Å². The van der Waals surface area contributed by atoms with Gasteiger partial charge in [0.15, 0.2) is 0 Å². The lowest BCUT2D eigenvalue weighted by Gasteiger charge is -2.30. The highest BCUT2D eigenvalue weighted by atomic mass is 35.5. The Morgan fingerprint density at radius 1 is 1.12 bits per heavy atom. The Kier molecular flexibility index (Phi) is 5.64. The van der Waals surface area contributed by atoms with Crippen LogP contribution in [0.25, 0.3) is 0 Å². The van der Waals surface area contributed by atoms with Crippen LogP contribution in [0.2, 0.25) is 10.0 Å². The first-order chi connectivity index (χ1) is 12.5. The maximum Gasteiger partial charge on any atom is 0.255 e. The van der Waals surface area contributed by atoms with E-state index in [2.05, 4.69) is 4.99 Å². The molecule has 1 amide bonds. The summed E-state index contributed by atoms with van der Waals surface area (Å²) >= 11 is 12.2. The molecule has 1 heterocycles. The van der Waals surface area contributed by atoms with Gasteiger partial charge in [-0.2, -0.15) is 0 Å². The van der Waals surface area contributed by atoms with Gasteiger partial charge in [0.2, 0.25) is 0 Å². The molecular formula is C20H19Cl2N3O. The monoisotopic (exact) mass is 387 g/mol. The minimum absolute atomic E-state index is 0.172. The maximum atomic E-state index is 12.8. The Bertz CT molecular complexity index is 891. The van der Waals surface area contributed by atoms with Crippen LogP contribution in [0.4, 0.5) is 0 Å². The van der Waals surface area contributed by atoms with Crippen LogP contribution in [0.1, 0.15) is 22.3 Å². The first-order valence-electron chi connectivity index (χ1n) is 8.26. The molecule has 0 fully saturated rings. The number of amides is 1. The molecule has 0 aliphatic carbocycles. The predicted molar refractivity (Wildman–Crippen MR) is 107 cm³/mol. The van der Waals surface area contributed by atoms with Crippen LogP contribution < -0.4 is 5.73 Å². The molecule has 1 aliphatic heterocycles. The first-order valence-corrected chi connectivity index (χ1v) is 9.02. The molecule has 0 aromatic heterocycles. The van der Waals surface area contributed by atoms with Crippen molar-refractivity contribution in [1.82, 2.24) is 4.90 Å². The lowest BCUT2D eigenvalue weighted by molar-refractivity contribution is 0.0764.